The van der Waals surface area contributed by atoms with Gasteiger partial charge in [0.05, 0.1) is 5.52 Å². The Kier molecular flexibility index (Phi) is 2.46. The maximum atomic E-state index is 4.59. The lowest BCUT2D eigenvalue weighted by Gasteiger charge is -2.04. The van der Waals surface area contributed by atoms with Crippen molar-refractivity contribution < 1.29 is 0 Å². The molecule has 0 saturated heterocycles. The third-order valence-electron chi connectivity index (χ3n) is 4.18. The number of fused-ring (bicyclic) bond motifs is 4. The summed E-state index contributed by atoms with van der Waals surface area (Å²) in [4.78, 5) is 4.59. The van der Waals surface area contributed by atoms with Crippen molar-refractivity contribution in [3.63, 3.8) is 0 Å². The Hall–Kier alpha value is -3.27. The Bertz CT molecular complexity index is 1170. The molecular weight excluding hydrogens is 284 g/mol. The van der Waals surface area contributed by atoms with Gasteiger partial charge in [0.1, 0.15) is 5.69 Å². The topological polar surface area (TPSA) is 43.1 Å². The predicted octanol–water partition coefficient (Wildman–Crippen LogP) is 4.10. The van der Waals surface area contributed by atoms with Crippen molar-refractivity contribution in [2.75, 3.05) is 0 Å². The summed E-state index contributed by atoms with van der Waals surface area (Å²) < 4.78 is 1.81. The molecular formula is C19H12N4. The average Bonchev–Trinajstić information content (AvgIpc) is 3.05. The van der Waals surface area contributed by atoms with Gasteiger partial charge in [0.15, 0.2) is 5.65 Å². The number of hydrogen-bond acceptors (Lipinski definition) is 3. The maximum Gasteiger partial charge on any atom is 0.184 e. The van der Waals surface area contributed by atoms with Crippen LogP contribution < -0.4 is 0 Å². The van der Waals surface area contributed by atoms with Crippen molar-refractivity contribution in [2.45, 2.75) is 0 Å². The van der Waals surface area contributed by atoms with E-state index in [2.05, 4.69) is 39.6 Å². The first-order valence-electron chi connectivity index (χ1n) is 7.49. The van der Waals surface area contributed by atoms with E-state index in [1.54, 1.807) is 0 Å². The summed E-state index contributed by atoms with van der Waals surface area (Å²) in [5.41, 5.74) is 3.66. The van der Waals surface area contributed by atoms with E-state index in [1.807, 2.05) is 53.2 Å². The second kappa shape index (κ2) is 4.61. The van der Waals surface area contributed by atoms with E-state index in [0.717, 1.165) is 33.2 Å². The van der Waals surface area contributed by atoms with Crippen molar-refractivity contribution in [1.29, 1.82) is 0 Å². The largest absolute Gasteiger partial charge is 0.234 e. The van der Waals surface area contributed by atoms with E-state index < -0.39 is 0 Å². The molecule has 0 saturated carbocycles. The highest BCUT2D eigenvalue weighted by molar-refractivity contribution is 5.99. The molecule has 3 aromatic carbocycles. The van der Waals surface area contributed by atoms with Gasteiger partial charge in [-0.25, -0.2) is 4.98 Å². The molecule has 0 unspecified atom stereocenters. The Morgan fingerprint density at radius 3 is 2.48 bits per heavy atom. The van der Waals surface area contributed by atoms with Gasteiger partial charge in [-0.05, 0) is 16.8 Å². The van der Waals surface area contributed by atoms with Crippen LogP contribution in [0.15, 0.2) is 72.9 Å². The van der Waals surface area contributed by atoms with Crippen LogP contribution in [0.25, 0.3) is 38.6 Å². The number of para-hydroxylation sites is 1. The molecule has 0 aliphatic rings. The summed E-state index contributed by atoms with van der Waals surface area (Å²) in [5, 5.41) is 12.1. The molecule has 0 amide bonds. The lowest BCUT2D eigenvalue weighted by Crippen LogP contribution is -1.92. The minimum Gasteiger partial charge on any atom is -0.234 e. The highest BCUT2D eigenvalue weighted by Gasteiger charge is 2.14. The number of rotatable bonds is 1. The van der Waals surface area contributed by atoms with E-state index in [1.165, 1.54) is 5.39 Å². The second-order valence-corrected chi connectivity index (χ2v) is 5.52. The Morgan fingerprint density at radius 1 is 0.739 bits per heavy atom. The van der Waals surface area contributed by atoms with E-state index in [9.17, 15) is 0 Å². The van der Waals surface area contributed by atoms with Crippen LogP contribution in [0, 0.1) is 0 Å². The summed E-state index contributed by atoms with van der Waals surface area (Å²) >= 11 is 0. The van der Waals surface area contributed by atoms with Crippen molar-refractivity contribution in [1.82, 2.24) is 19.8 Å². The van der Waals surface area contributed by atoms with Crippen molar-refractivity contribution in [3.05, 3.63) is 72.9 Å². The fraction of sp³-hybridized carbons (Fsp3) is 0. The third-order valence-corrected chi connectivity index (χ3v) is 4.18. The van der Waals surface area contributed by atoms with Gasteiger partial charge in [-0.1, -0.05) is 65.9 Å². The van der Waals surface area contributed by atoms with Crippen LogP contribution in [0.5, 0.6) is 0 Å². The maximum absolute atomic E-state index is 4.59. The van der Waals surface area contributed by atoms with Gasteiger partial charge in [0.25, 0.3) is 0 Å². The van der Waals surface area contributed by atoms with Gasteiger partial charge >= 0.3 is 0 Å². The molecule has 0 spiro atoms. The second-order valence-electron chi connectivity index (χ2n) is 5.52. The predicted molar refractivity (Wildman–Crippen MR) is 91.2 cm³/mol. The van der Waals surface area contributed by atoms with Crippen molar-refractivity contribution in [3.8, 4) is 11.3 Å². The SMILES string of the molecule is c1ccc2c(-c3nnn4c3ncc3ccccc34)cccc2c1. The molecule has 0 aliphatic heterocycles. The minimum atomic E-state index is 0.778. The molecule has 0 bridgehead atoms. The summed E-state index contributed by atoms with van der Waals surface area (Å²) in [5.74, 6) is 0. The quantitative estimate of drug-likeness (QED) is 0.468. The summed E-state index contributed by atoms with van der Waals surface area (Å²) in [6.45, 7) is 0. The van der Waals surface area contributed by atoms with Gasteiger partial charge in [-0.2, -0.15) is 4.52 Å². The highest BCUT2D eigenvalue weighted by Crippen LogP contribution is 2.30. The van der Waals surface area contributed by atoms with Crippen LogP contribution in [0.3, 0.4) is 0 Å². The first-order valence-corrected chi connectivity index (χ1v) is 7.49. The van der Waals surface area contributed by atoms with Crippen LogP contribution in [-0.4, -0.2) is 19.8 Å². The van der Waals surface area contributed by atoms with Gasteiger partial charge in [0.2, 0.25) is 0 Å². The van der Waals surface area contributed by atoms with Crippen LogP contribution in [-0.2, 0) is 0 Å². The van der Waals surface area contributed by atoms with Crippen molar-refractivity contribution >= 4 is 27.3 Å². The zero-order valence-electron chi connectivity index (χ0n) is 12.2. The van der Waals surface area contributed by atoms with Crippen LogP contribution >= 0.6 is 0 Å². The minimum absolute atomic E-state index is 0.778. The Morgan fingerprint density at radius 2 is 1.52 bits per heavy atom. The molecule has 4 heteroatoms. The number of aromatic nitrogens is 4. The normalized spacial score (nSPS) is 11.5. The monoisotopic (exact) mass is 296 g/mol. The molecule has 0 atom stereocenters. The average molecular weight is 296 g/mol. The van der Waals surface area contributed by atoms with Crippen molar-refractivity contribution in [2.24, 2.45) is 0 Å². The first kappa shape index (κ1) is 12.3. The molecule has 0 N–H and O–H groups in total. The standard InChI is InChI=1S/C19H12N4/c1-3-9-15-13(6-1)8-5-10-16(15)18-19-20-12-14-7-2-4-11-17(14)23(19)22-21-18/h1-12H. The molecule has 0 fully saturated rings. The smallest absolute Gasteiger partial charge is 0.184 e. The zero-order chi connectivity index (χ0) is 15.2. The van der Waals surface area contributed by atoms with Gasteiger partial charge < -0.3 is 0 Å². The number of hydrogen-bond donors (Lipinski definition) is 0. The molecule has 4 nitrogen and oxygen atoms in total. The molecule has 5 rings (SSSR count). The van der Waals surface area contributed by atoms with Gasteiger partial charge in [-0.15, -0.1) is 5.10 Å². The van der Waals surface area contributed by atoms with Crippen LogP contribution in [0.2, 0.25) is 0 Å². The van der Waals surface area contributed by atoms with E-state index in [-0.39, 0.29) is 0 Å². The first-order chi connectivity index (χ1) is 11.4. The summed E-state index contributed by atoms with van der Waals surface area (Å²) in [7, 11) is 0. The highest BCUT2D eigenvalue weighted by atomic mass is 15.4. The third kappa shape index (κ3) is 1.75. The zero-order valence-corrected chi connectivity index (χ0v) is 12.2. The lowest BCUT2D eigenvalue weighted by molar-refractivity contribution is 0.877. The molecule has 0 radical (unpaired) electrons. The summed E-state index contributed by atoms with van der Waals surface area (Å²) in [6, 6.07) is 22.6. The fourth-order valence-electron chi connectivity index (χ4n) is 3.08. The fourth-order valence-corrected chi connectivity index (χ4v) is 3.08. The molecule has 108 valence electrons. The van der Waals surface area contributed by atoms with E-state index in [4.69, 9.17) is 0 Å². The van der Waals surface area contributed by atoms with Gasteiger partial charge in [-0.3, -0.25) is 0 Å². The molecule has 0 aliphatic carbocycles. The summed E-state index contributed by atoms with van der Waals surface area (Å²) in [6.07, 6.45) is 1.88. The van der Waals surface area contributed by atoms with Gasteiger partial charge in [0, 0.05) is 17.1 Å². The molecule has 2 aromatic heterocycles. The lowest BCUT2D eigenvalue weighted by atomic mass is 10.0. The van der Waals surface area contributed by atoms with Crippen LogP contribution in [0.1, 0.15) is 0 Å². The molecule has 5 aromatic rings. The number of benzene rings is 3. The Labute approximate surface area is 132 Å². The van der Waals surface area contributed by atoms with Crippen LogP contribution in [0.4, 0.5) is 0 Å². The molecule has 2 heterocycles. The van der Waals surface area contributed by atoms with E-state index in [0.29, 0.717) is 0 Å². The van der Waals surface area contributed by atoms with E-state index >= 15 is 0 Å². The molecule has 23 heavy (non-hydrogen) atoms. The number of nitrogens with zero attached hydrogens (tertiary/aromatic N) is 4. The Balaban J connectivity index is 1.88.